The van der Waals surface area contributed by atoms with Crippen LogP contribution in [0.4, 0.5) is 22.4 Å². The van der Waals surface area contributed by atoms with Gasteiger partial charge in [0, 0.05) is 6.04 Å². The highest BCUT2D eigenvalue weighted by Crippen LogP contribution is 2.48. The van der Waals surface area contributed by atoms with Crippen molar-refractivity contribution in [2.75, 3.05) is 6.54 Å². The first-order valence-corrected chi connectivity index (χ1v) is 7.60. The summed E-state index contributed by atoms with van der Waals surface area (Å²) >= 11 is 0. The smallest absolute Gasteiger partial charge is 0.412 e. The molecule has 9 heteroatoms. The summed E-state index contributed by atoms with van der Waals surface area (Å²) in [7, 11) is 0. The minimum atomic E-state index is -4.79. The Bertz CT molecular complexity index is 554. The van der Waals surface area contributed by atoms with Crippen LogP contribution >= 0.6 is 0 Å². The highest BCUT2D eigenvalue weighted by atomic mass is 19.4. The Kier molecular flexibility index (Phi) is 4.83. The van der Waals surface area contributed by atoms with Gasteiger partial charge in [0.05, 0.1) is 12.6 Å². The van der Waals surface area contributed by atoms with Gasteiger partial charge in [-0.3, -0.25) is 9.69 Å². The summed E-state index contributed by atoms with van der Waals surface area (Å²) in [5, 5.41) is 2.10. The second-order valence-electron chi connectivity index (χ2n) is 7.05. The molecule has 3 atom stereocenters. The number of piperidine rings is 1. The molecule has 0 spiro atoms. The van der Waals surface area contributed by atoms with Gasteiger partial charge in [0.2, 0.25) is 5.91 Å². The molecule has 0 bridgehead atoms. The standard InChI is InChI=1S/C15H20F4N2O3/c1-14(2,3)24-13(23)21-10-4-8(10)5-11(21)12(22)20-7-9(16)6-15(17,18)19/h6,8,10-11H,4-5,7H2,1-3H3,(H,20,22)/b9-6-. The van der Waals surface area contributed by atoms with Crippen molar-refractivity contribution in [1.29, 1.82) is 0 Å². The summed E-state index contributed by atoms with van der Waals surface area (Å²) in [5.74, 6) is -1.99. The van der Waals surface area contributed by atoms with Gasteiger partial charge >= 0.3 is 12.3 Å². The zero-order chi connectivity index (χ0) is 18.3. The Morgan fingerprint density at radius 1 is 1.25 bits per heavy atom. The van der Waals surface area contributed by atoms with Gasteiger partial charge in [0.1, 0.15) is 17.5 Å². The minimum Gasteiger partial charge on any atom is -0.444 e. The quantitative estimate of drug-likeness (QED) is 0.795. The number of carbonyl (C=O) groups is 2. The van der Waals surface area contributed by atoms with Crippen LogP contribution in [-0.2, 0) is 9.53 Å². The van der Waals surface area contributed by atoms with Gasteiger partial charge in [-0.1, -0.05) is 0 Å². The maximum absolute atomic E-state index is 13.1. The maximum atomic E-state index is 13.1. The summed E-state index contributed by atoms with van der Waals surface area (Å²) < 4.78 is 54.4. The van der Waals surface area contributed by atoms with Gasteiger partial charge in [0.25, 0.3) is 0 Å². The Labute approximate surface area is 137 Å². The van der Waals surface area contributed by atoms with E-state index in [1.165, 1.54) is 4.90 Å². The Morgan fingerprint density at radius 3 is 2.42 bits per heavy atom. The minimum absolute atomic E-state index is 0.0915. The molecular formula is C15H20F4N2O3. The Balaban J connectivity index is 1.96. The highest BCUT2D eigenvalue weighted by Gasteiger charge is 2.57. The van der Waals surface area contributed by atoms with Crippen LogP contribution < -0.4 is 5.32 Å². The zero-order valence-electron chi connectivity index (χ0n) is 13.6. The van der Waals surface area contributed by atoms with E-state index in [-0.39, 0.29) is 12.0 Å². The van der Waals surface area contributed by atoms with Crippen molar-refractivity contribution in [2.45, 2.75) is 57.5 Å². The number of likely N-dealkylation sites (tertiary alicyclic amines) is 1. The van der Waals surface area contributed by atoms with Crippen LogP contribution in [0.5, 0.6) is 0 Å². The predicted molar refractivity (Wildman–Crippen MR) is 76.6 cm³/mol. The Morgan fingerprint density at radius 2 is 1.88 bits per heavy atom. The van der Waals surface area contributed by atoms with Gasteiger partial charge in [-0.25, -0.2) is 9.18 Å². The van der Waals surface area contributed by atoms with E-state index in [2.05, 4.69) is 5.32 Å². The molecule has 0 aromatic carbocycles. The van der Waals surface area contributed by atoms with Crippen LogP contribution in [0, 0.1) is 5.92 Å². The fourth-order valence-corrected chi connectivity index (χ4v) is 2.79. The van der Waals surface area contributed by atoms with Crippen molar-refractivity contribution >= 4 is 12.0 Å². The first-order valence-electron chi connectivity index (χ1n) is 7.60. The third-order valence-corrected chi connectivity index (χ3v) is 3.76. The normalized spacial score (nSPS) is 26.9. The number of ether oxygens (including phenoxy) is 1. The molecule has 1 aliphatic heterocycles. The van der Waals surface area contributed by atoms with Crippen molar-refractivity contribution in [3.8, 4) is 0 Å². The van der Waals surface area contributed by atoms with Gasteiger partial charge < -0.3 is 10.1 Å². The SMILES string of the molecule is CC(C)(C)OC(=O)N1C(C(=O)NC/C(F)=C/C(F)(F)F)CC2CC21. The van der Waals surface area contributed by atoms with Crippen LogP contribution in [-0.4, -0.2) is 47.3 Å². The lowest BCUT2D eigenvalue weighted by molar-refractivity contribution is -0.126. The van der Waals surface area contributed by atoms with E-state index in [1.807, 2.05) is 0 Å². The molecule has 2 rings (SSSR count). The average molecular weight is 352 g/mol. The number of allylic oxidation sites excluding steroid dienone is 1. The van der Waals surface area contributed by atoms with Gasteiger partial charge in [-0.15, -0.1) is 0 Å². The van der Waals surface area contributed by atoms with Crippen LogP contribution in [0.2, 0.25) is 0 Å². The molecule has 0 aromatic rings. The highest BCUT2D eigenvalue weighted by molar-refractivity contribution is 5.87. The molecule has 1 saturated heterocycles. The molecule has 1 heterocycles. The molecule has 0 aromatic heterocycles. The van der Waals surface area contributed by atoms with Crippen molar-refractivity contribution in [3.05, 3.63) is 11.9 Å². The summed E-state index contributed by atoms with van der Waals surface area (Å²) in [6, 6.07) is -0.937. The molecule has 1 aliphatic carbocycles. The number of nitrogens with one attached hydrogen (secondary N) is 1. The number of rotatable bonds is 3. The molecule has 2 amide bonds. The van der Waals surface area contributed by atoms with E-state index >= 15 is 0 Å². The maximum Gasteiger partial charge on any atom is 0.412 e. The third kappa shape index (κ3) is 4.85. The second-order valence-corrected chi connectivity index (χ2v) is 7.05. The first-order chi connectivity index (χ1) is 10.9. The Hall–Kier alpha value is -1.80. The lowest BCUT2D eigenvalue weighted by Gasteiger charge is -2.29. The number of nitrogens with zero attached hydrogens (tertiary/aromatic N) is 1. The number of carbonyl (C=O) groups excluding carboxylic acids is 2. The molecule has 3 unspecified atom stereocenters. The predicted octanol–water partition coefficient (Wildman–Crippen LogP) is 2.92. The average Bonchev–Trinajstić information content (AvgIpc) is 3.02. The number of amides is 2. The van der Waals surface area contributed by atoms with Crippen LogP contribution in [0.25, 0.3) is 0 Å². The molecule has 2 fully saturated rings. The number of halogens is 4. The molecule has 5 nitrogen and oxygen atoms in total. The summed E-state index contributed by atoms with van der Waals surface area (Å²) in [4.78, 5) is 25.7. The van der Waals surface area contributed by atoms with E-state index in [0.717, 1.165) is 6.42 Å². The molecule has 1 N–H and O–H groups in total. The van der Waals surface area contributed by atoms with Crippen molar-refractivity contribution < 1.29 is 31.9 Å². The number of hydrogen-bond acceptors (Lipinski definition) is 3. The van der Waals surface area contributed by atoms with E-state index < -0.39 is 48.3 Å². The summed E-state index contributed by atoms with van der Waals surface area (Å²) in [5.41, 5.74) is -0.730. The first kappa shape index (κ1) is 18.5. The van der Waals surface area contributed by atoms with Gasteiger partial charge in [-0.2, -0.15) is 13.2 Å². The van der Waals surface area contributed by atoms with Crippen molar-refractivity contribution in [2.24, 2.45) is 5.92 Å². The van der Waals surface area contributed by atoms with E-state index in [9.17, 15) is 27.2 Å². The third-order valence-electron chi connectivity index (χ3n) is 3.76. The topological polar surface area (TPSA) is 58.6 Å². The van der Waals surface area contributed by atoms with Crippen LogP contribution in [0.3, 0.4) is 0 Å². The lowest BCUT2D eigenvalue weighted by atomic mass is 10.1. The second kappa shape index (κ2) is 6.25. The largest absolute Gasteiger partial charge is 0.444 e. The fourth-order valence-electron chi connectivity index (χ4n) is 2.79. The van der Waals surface area contributed by atoms with Gasteiger partial charge in [0.15, 0.2) is 0 Å². The van der Waals surface area contributed by atoms with Crippen LogP contribution in [0.15, 0.2) is 11.9 Å². The molecule has 136 valence electrons. The lowest BCUT2D eigenvalue weighted by Crippen LogP contribution is -2.49. The number of hydrogen-bond donors (Lipinski definition) is 1. The van der Waals surface area contributed by atoms with E-state index in [1.54, 1.807) is 20.8 Å². The molecule has 1 saturated carbocycles. The van der Waals surface area contributed by atoms with Crippen molar-refractivity contribution in [1.82, 2.24) is 10.2 Å². The van der Waals surface area contributed by atoms with Crippen molar-refractivity contribution in [3.63, 3.8) is 0 Å². The molecule has 2 aliphatic rings. The molecular weight excluding hydrogens is 332 g/mol. The molecule has 24 heavy (non-hydrogen) atoms. The van der Waals surface area contributed by atoms with Crippen LogP contribution in [0.1, 0.15) is 33.6 Å². The zero-order valence-corrected chi connectivity index (χ0v) is 13.6. The van der Waals surface area contributed by atoms with Gasteiger partial charge in [-0.05, 0) is 39.5 Å². The number of alkyl halides is 3. The summed E-state index contributed by atoms with van der Waals surface area (Å²) in [6.45, 7) is 4.21. The monoisotopic (exact) mass is 352 g/mol. The number of fused-ring (bicyclic) bond motifs is 1. The van der Waals surface area contributed by atoms with E-state index in [4.69, 9.17) is 4.74 Å². The summed E-state index contributed by atoms with van der Waals surface area (Å²) in [6.07, 6.45) is -4.76. The molecule has 0 radical (unpaired) electrons. The van der Waals surface area contributed by atoms with E-state index in [0.29, 0.717) is 6.42 Å². The fraction of sp³-hybridized carbons (Fsp3) is 0.733.